The molecule has 5 rings (SSSR count). The van der Waals surface area contributed by atoms with Gasteiger partial charge in [0, 0.05) is 35.8 Å². The standard InChI is InChI=1S/C30H30N2O/c1-20-10-15-26-27-9-6-17-32-30(27)33-29(26)28(20)21(2)19-25(16-18-31-3)24-13-11-23(12-14-24)22-7-4-5-8-22/h6,9-19,22H,4-5,7-8H2,1-3H3/b21-19+,25-16+,31-18?. The average Bonchev–Trinajstić information content (AvgIpc) is 3.50. The number of hydrogen-bond donors (Lipinski definition) is 0. The lowest BCUT2D eigenvalue weighted by atomic mass is 9.93. The molecule has 0 N–H and O–H groups in total. The molecule has 0 radical (unpaired) electrons. The van der Waals surface area contributed by atoms with Gasteiger partial charge in [0.15, 0.2) is 0 Å². The second kappa shape index (κ2) is 9.19. The van der Waals surface area contributed by atoms with Gasteiger partial charge in [0.25, 0.3) is 0 Å². The Balaban J connectivity index is 1.58. The maximum Gasteiger partial charge on any atom is 0.227 e. The molecule has 1 saturated carbocycles. The molecule has 0 bridgehead atoms. The second-order valence-electron chi connectivity index (χ2n) is 9.05. The van der Waals surface area contributed by atoms with Crippen LogP contribution in [0.5, 0.6) is 0 Å². The van der Waals surface area contributed by atoms with Gasteiger partial charge in [0.1, 0.15) is 5.58 Å². The monoisotopic (exact) mass is 434 g/mol. The zero-order valence-electron chi connectivity index (χ0n) is 19.6. The Kier molecular flexibility index (Phi) is 5.95. The number of fused-ring (bicyclic) bond motifs is 3. The van der Waals surface area contributed by atoms with Crippen molar-refractivity contribution in [2.75, 3.05) is 7.05 Å². The van der Waals surface area contributed by atoms with E-state index in [1.165, 1.54) is 42.4 Å². The molecule has 0 saturated heterocycles. The minimum absolute atomic E-state index is 0.684. The highest BCUT2D eigenvalue weighted by Crippen LogP contribution is 2.37. The molecule has 0 atom stereocenters. The van der Waals surface area contributed by atoms with Gasteiger partial charge in [-0.05, 0) is 78.7 Å². The molecule has 166 valence electrons. The van der Waals surface area contributed by atoms with E-state index in [0.717, 1.165) is 39.0 Å². The number of pyridine rings is 1. The summed E-state index contributed by atoms with van der Waals surface area (Å²) in [6, 6.07) is 17.5. The number of aryl methyl sites for hydroxylation is 1. The van der Waals surface area contributed by atoms with Crippen molar-refractivity contribution in [3.05, 3.63) is 89.1 Å². The van der Waals surface area contributed by atoms with Crippen molar-refractivity contribution in [1.82, 2.24) is 4.98 Å². The van der Waals surface area contributed by atoms with Crippen molar-refractivity contribution in [3.8, 4) is 0 Å². The first-order chi connectivity index (χ1) is 16.2. The minimum Gasteiger partial charge on any atom is -0.437 e. The molecule has 0 aliphatic heterocycles. The topological polar surface area (TPSA) is 38.4 Å². The van der Waals surface area contributed by atoms with E-state index >= 15 is 0 Å². The van der Waals surface area contributed by atoms with Gasteiger partial charge < -0.3 is 4.42 Å². The number of aliphatic imine (C=N–C) groups is 1. The van der Waals surface area contributed by atoms with Crippen LogP contribution < -0.4 is 0 Å². The molecule has 2 aromatic carbocycles. The number of nitrogens with zero attached hydrogens (tertiary/aromatic N) is 2. The fraction of sp³-hybridized carbons (Fsp3) is 0.267. The highest BCUT2D eigenvalue weighted by molar-refractivity contribution is 6.08. The van der Waals surface area contributed by atoms with Gasteiger partial charge in [0.2, 0.25) is 5.71 Å². The molecular formula is C30H30N2O. The first kappa shape index (κ1) is 21.4. The molecular weight excluding hydrogens is 404 g/mol. The number of benzene rings is 2. The highest BCUT2D eigenvalue weighted by Gasteiger charge is 2.17. The fourth-order valence-electron chi connectivity index (χ4n) is 5.16. The van der Waals surface area contributed by atoms with Gasteiger partial charge in [-0.25, -0.2) is 4.98 Å². The van der Waals surface area contributed by atoms with E-state index < -0.39 is 0 Å². The van der Waals surface area contributed by atoms with E-state index in [9.17, 15) is 0 Å². The van der Waals surface area contributed by atoms with Crippen LogP contribution in [0.2, 0.25) is 0 Å². The first-order valence-corrected chi connectivity index (χ1v) is 11.8. The molecule has 33 heavy (non-hydrogen) atoms. The van der Waals surface area contributed by atoms with Gasteiger partial charge in [-0.3, -0.25) is 4.99 Å². The quantitative estimate of drug-likeness (QED) is 0.235. The lowest BCUT2D eigenvalue weighted by Crippen LogP contribution is -1.93. The largest absolute Gasteiger partial charge is 0.437 e. The Bertz CT molecular complexity index is 1380. The van der Waals surface area contributed by atoms with Crippen molar-refractivity contribution < 1.29 is 4.42 Å². The van der Waals surface area contributed by atoms with E-state index in [1.807, 2.05) is 12.3 Å². The lowest BCUT2D eigenvalue weighted by Gasteiger charge is -2.12. The van der Waals surface area contributed by atoms with E-state index in [4.69, 9.17) is 4.42 Å². The highest BCUT2D eigenvalue weighted by atomic mass is 16.3. The SMILES string of the molecule is CN=C/C=C(\C=C(/C)c1c(C)ccc2c1oc1ncccc12)c1ccc(C2CCCC2)cc1. The normalized spacial score (nSPS) is 16.0. The van der Waals surface area contributed by atoms with Crippen LogP contribution in [0.4, 0.5) is 0 Å². The Hall–Kier alpha value is -3.46. The molecule has 4 aromatic rings. The van der Waals surface area contributed by atoms with E-state index in [2.05, 4.69) is 78.4 Å². The number of furan rings is 1. The summed E-state index contributed by atoms with van der Waals surface area (Å²) in [5.74, 6) is 0.725. The zero-order valence-corrected chi connectivity index (χ0v) is 19.6. The van der Waals surface area contributed by atoms with E-state index in [-0.39, 0.29) is 0 Å². The van der Waals surface area contributed by atoms with Crippen molar-refractivity contribution in [2.45, 2.75) is 45.4 Å². The van der Waals surface area contributed by atoms with Crippen LogP contribution in [-0.2, 0) is 0 Å². The maximum absolute atomic E-state index is 6.23. The van der Waals surface area contributed by atoms with Gasteiger partial charge in [-0.15, -0.1) is 0 Å². The van der Waals surface area contributed by atoms with Crippen molar-refractivity contribution in [3.63, 3.8) is 0 Å². The van der Waals surface area contributed by atoms with Crippen LogP contribution >= 0.6 is 0 Å². The molecule has 0 unspecified atom stereocenters. The molecule has 1 aliphatic rings. The first-order valence-electron chi connectivity index (χ1n) is 11.8. The van der Waals surface area contributed by atoms with Crippen LogP contribution in [-0.4, -0.2) is 18.2 Å². The van der Waals surface area contributed by atoms with Crippen LogP contribution in [0, 0.1) is 6.92 Å². The summed E-state index contributed by atoms with van der Waals surface area (Å²) in [7, 11) is 1.81. The summed E-state index contributed by atoms with van der Waals surface area (Å²) >= 11 is 0. The lowest BCUT2D eigenvalue weighted by molar-refractivity contribution is 0.652. The van der Waals surface area contributed by atoms with Crippen LogP contribution in [0.15, 0.2) is 76.3 Å². The summed E-state index contributed by atoms with van der Waals surface area (Å²) in [5.41, 5.74) is 8.88. The summed E-state index contributed by atoms with van der Waals surface area (Å²) in [6.07, 6.45) is 13.3. The molecule has 0 amide bonds. The number of hydrogen-bond acceptors (Lipinski definition) is 3. The third-order valence-electron chi connectivity index (χ3n) is 6.87. The molecule has 1 fully saturated rings. The van der Waals surface area contributed by atoms with Crippen LogP contribution in [0.1, 0.15) is 60.8 Å². The molecule has 3 heteroatoms. The Labute approximate surface area is 195 Å². The Morgan fingerprint density at radius 3 is 2.58 bits per heavy atom. The predicted molar refractivity (Wildman–Crippen MR) is 140 cm³/mol. The minimum atomic E-state index is 0.684. The molecule has 2 aromatic heterocycles. The van der Waals surface area contributed by atoms with Gasteiger partial charge >= 0.3 is 0 Å². The summed E-state index contributed by atoms with van der Waals surface area (Å²) < 4.78 is 6.23. The summed E-state index contributed by atoms with van der Waals surface area (Å²) in [4.78, 5) is 8.62. The van der Waals surface area contributed by atoms with Crippen molar-refractivity contribution in [1.29, 1.82) is 0 Å². The third kappa shape index (κ3) is 4.16. The van der Waals surface area contributed by atoms with Crippen LogP contribution in [0.3, 0.4) is 0 Å². The van der Waals surface area contributed by atoms with Gasteiger partial charge in [0.05, 0.1) is 0 Å². The smallest absolute Gasteiger partial charge is 0.227 e. The molecule has 3 nitrogen and oxygen atoms in total. The zero-order chi connectivity index (χ0) is 22.8. The van der Waals surface area contributed by atoms with Gasteiger partial charge in [-0.2, -0.15) is 0 Å². The number of allylic oxidation sites excluding steroid dienone is 4. The maximum atomic E-state index is 6.23. The summed E-state index contributed by atoms with van der Waals surface area (Å²) in [6.45, 7) is 4.30. The van der Waals surface area contributed by atoms with Gasteiger partial charge in [-0.1, -0.05) is 55.3 Å². The molecule has 0 spiro atoms. The van der Waals surface area contributed by atoms with Crippen LogP contribution in [0.25, 0.3) is 33.2 Å². The predicted octanol–water partition coefficient (Wildman–Crippen LogP) is 8.13. The Morgan fingerprint density at radius 2 is 1.82 bits per heavy atom. The summed E-state index contributed by atoms with van der Waals surface area (Å²) in [5, 5.41) is 2.16. The van der Waals surface area contributed by atoms with Crippen molar-refractivity contribution in [2.24, 2.45) is 4.99 Å². The molecule has 1 aliphatic carbocycles. The molecule has 2 heterocycles. The van der Waals surface area contributed by atoms with Crippen molar-refractivity contribution >= 4 is 39.4 Å². The van der Waals surface area contributed by atoms with E-state index in [1.54, 1.807) is 13.2 Å². The number of aromatic nitrogens is 1. The number of rotatable bonds is 5. The van der Waals surface area contributed by atoms with E-state index in [0.29, 0.717) is 5.71 Å². The third-order valence-corrected chi connectivity index (χ3v) is 6.87. The second-order valence-corrected chi connectivity index (χ2v) is 9.05. The Morgan fingerprint density at radius 1 is 1.03 bits per heavy atom. The average molecular weight is 435 g/mol. The fourth-order valence-corrected chi connectivity index (χ4v) is 5.16.